The molecule has 0 radical (unpaired) electrons. The monoisotopic (exact) mass is 235 g/mol. The lowest BCUT2D eigenvalue weighted by Gasteiger charge is -2.19. The molecule has 84 valence electrons. The van der Waals surface area contributed by atoms with Crippen molar-refractivity contribution in [3.8, 4) is 0 Å². The average molecular weight is 236 g/mol. The molecule has 2 aromatic rings. The number of halogens is 1. The summed E-state index contributed by atoms with van der Waals surface area (Å²) in [5.74, 6) is 1.68. The quantitative estimate of drug-likeness (QED) is 0.758. The van der Waals surface area contributed by atoms with Crippen molar-refractivity contribution in [1.29, 1.82) is 0 Å². The van der Waals surface area contributed by atoms with Gasteiger partial charge in [0.15, 0.2) is 5.65 Å². The van der Waals surface area contributed by atoms with Gasteiger partial charge in [-0.15, -0.1) is 10.2 Å². The van der Waals surface area contributed by atoms with Crippen LogP contribution >= 0.6 is 11.6 Å². The minimum atomic E-state index is 0.574. The van der Waals surface area contributed by atoms with Gasteiger partial charge in [-0.2, -0.15) is 0 Å². The molecule has 0 N–H and O–H groups in total. The van der Waals surface area contributed by atoms with Gasteiger partial charge in [-0.25, -0.2) is 0 Å². The molecular weight excluding hydrogens is 222 g/mol. The van der Waals surface area contributed by atoms with Gasteiger partial charge in [-0.05, 0) is 18.9 Å². The normalized spacial score (nSPS) is 18.1. The Hall–Kier alpha value is -1.09. The second kappa shape index (κ2) is 4.06. The molecule has 0 bridgehead atoms. The summed E-state index contributed by atoms with van der Waals surface area (Å²) in [6.07, 6.45) is 8.44. The molecular formula is C12H14ClN3. The summed E-state index contributed by atoms with van der Waals surface area (Å²) in [5.41, 5.74) is 0.855. The van der Waals surface area contributed by atoms with Crippen LogP contribution in [0.15, 0.2) is 18.3 Å². The van der Waals surface area contributed by atoms with Crippen LogP contribution in [0.2, 0.25) is 5.02 Å². The first-order chi connectivity index (χ1) is 7.84. The van der Waals surface area contributed by atoms with Crippen molar-refractivity contribution in [2.24, 2.45) is 0 Å². The lowest BCUT2D eigenvalue weighted by molar-refractivity contribution is 0.426. The molecule has 4 heteroatoms. The zero-order valence-corrected chi connectivity index (χ0v) is 9.82. The molecule has 1 aliphatic carbocycles. The molecule has 2 aromatic heterocycles. The van der Waals surface area contributed by atoms with E-state index >= 15 is 0 Å². The van der Waals surface area contributed by atoms with Gasteiger partial charge in [0.05, 0.1) is 0 Å². The van der Waals surface area contributed by atoms with E-state index in [4.69, 9.17) is 11.6 Å². The summed E-state index contributed by atoms with van der Waals surface area (Å²) in [5, 5.41) is 9.22. The molecule has 1 aliphatic rings. The van der Waals surface area contributed by atoms with Crippen molar-refractivity contribution in [3.05, 3.63) is 29.2 Å². The van der Waals surface area contributed by atoms with Gasteiger partial charge in [-0.1, -0.05) is 30.9 Å². The van der Waals surface area contributed by atoms with Gasteiger partial charge in [0.25, 0.3) is 0 Å². The van der Waals surface area contributed by atoms with Crippen LogP contribution in [0.25, 0.3) is 5.65 Å². The molecule has 0 aromatic carbocycles. The number of pyridine rings is 1. The van der Waals surface area contributed by atoms with E-state index in [2.05, 4.69) is 14.6 Å². The van der Waals surface area contributed by atoms with Crippen LogP contribution in [0.1, 0.15) is 43.8 Å². The molecule has 0 spiro atoms. The first-order valence-electron chi connectivity index (χ1n) is 5.85. The van der Waals surface area contributed by atoms with Crippen molar-refractivity contribution in [3.63, 3.8) is 0 Å². The third kappa shape index (κ3) is 1.69. The van der Waals surface area contributed by atoms with Crippen molar-refractivity contribution in [1.82, 2.24) is 14.6 Å². The Morgan fingerprint density at radius 1 is 1.19 bits per heavy atom. The highest BCUT2D eigenvalue weighted by Crippen LogP contribution is 2.31. The van der Waals surface area contributed by atoms with Crippen molar-refractivity contribution < 1.29 is 0 Å². The molecule has 2 heterocycles. The number of nitrogens with zero attached hydrogens (tertiary/aromatic N) is 3. The van der Waals surface area contributed by atoms with E-state index in [1.165, 1.54) is 32.1 Å². The predicted molar refractivity (Wildman–Crippen MR) is 63.8 cm³/mol. The Balaban J connectivity index is 2.03. The fourth-order valence-corrected chi connectivity index (χ4v) is 2.68. The smallest absolute Gasteiger partial charge is 0.162 e. The molecule has 0 saturated heterocycles. The lowest BCUT2D eigenvalue weighted by atomic mass is 9.89. The highest BCUT2D eigenvalue weighted by molar-refractivity contribution is 6.30. The average Bonchev–Trinajstić information content (AvgIpc) is 2.73. The minimum Gasteiger partial charge on any atom is -0.286 e. The summed E-state index contributed by atoms with van der Waals surface area (Å²) >= 11 is 5.93. The Labute approximate surface area is 99.4 Å². The first kappa shape index (κ1) is 10.1. The number of rotatable bonds is 1. The van der Waals surface area contributed by atoms with E-state index in [1.54, 1.807) is 0 Å². The summed E-state index contributed by atoms with van der Waals surface area (Å²) in [4.78, 5) is 0. The van der Waals surface area contributed by atoms with E-state index in [0.29, 0.717) is 5.92 Å². The van der Waals surface area contributed by atoms with Crippen LogP contribution in [0.3, 0.4) is 0 Å². The van der Waals surface area contributed by atoms with Gasteiger partial charge in [0.2, 0.25) is 0 Å². The second-order valence-electron chi connectivity index (χ2n) is 4.47. The maximum atomic E-state index is 5.93. The maximum absolute atomic E-state index is 5.93. The fourth-order valence-electron chi connectivity index (χ4n) is 2.52. The second-order valence-corrected chi connectivity index (χ2v) is 4.90. The summed E-state index contributed by atoms with van der Waals surface area (Å²) in [6.45, 7) is 0. The third-order valence-electron chi connectivity index (χ3n) is 3.37. The van der Waals surface area contributed by atoms with Crippen LogP contribution in [0.4, 0.5) is 0 Å². The Morgan fingerprint density at radius 2 is 2.00 bits per heavy atom. The highest BCUT2D eigenvalue weighted by Gasteiger charge is 2.20. The number of hydrogen-bond donors (Lipinski definition) is 0. The third-order valence-corrected chi connectivity index (χ3v) is 3.60. The molecule has 0 atom stereocenters. The molecule has 1 saturated carbocycles. The molecule has 3 rings (SSSR count). The Kier molecular flexibility index (Phi) is 2.56. The van der Waals surface area contributed by atoms with Gasteiger partial charge in [0.1, 0.15) is 5.82 Å². The zero-order valence-electron chi connectivity index (χ0n) is 9.06. The van der Waals surface area contributed by atoms with Gasteiger partial charge in [0, 0.05) is 23.2 Å². The highest BCUT2D eigenvalue weighted by atomic mass is 35.5. The van der Waals surface area contributed by atoms with Crippen LogP contribution in [0, 0.1) is 0 Å². The summed E-state index contributed by atoms with van der Waals surface area (Å²) in [6, 6.07) is 3.76. The number of fused-ring (bicyclic) bond motifs is 1. The van der Waals surface area contributed by atoms with Gasteiger partial charge >= 0.3 is 0 Å². The zero-order chi connectivity index (χ0) is 11.0. The van der Waals surface area contributed by atoms with E-state index in [0.717, 1.165) is 16.5 Å². The van der Waals surface area contributed by atoms with Gasteiger partial charge < -0.3 is 0 Å². The van der Waals surface area contributed by atoms with E-state index in [-0.39, 0.29) is 0 Å². The molecule has 16 heavy (non-hydrogen) atoms. The topological polar surface area (TPSA) is 30.2 Å². The van der Waals surface area contributed by atoms with Crippen LogP contribution in [-0.2, 0) is 0 Å². The molecule has 3 nitrogen and oxygen atoms in total. The number of aromatic nitrogens is 3. The van der Waals surface area contributed by atoms with Crippen molar-refractivity contribution >= 4 is 17.2 Å². The summed E-state index contributed by atoms with van der Waals surface area (Å²) in [7, 11) is 0. The SMILES string of the molecule is Clc1ccn2c(C3CCCCC3)nnc2c1. The standard InChI is InChI=1S/C12H14ClN3/c13-10-6-7-16-11(8-10)14-15-12(16)9-4-2-1-3-5-9/h6-9H,1-5H2. The molecule has 0 aliphatic heterocycles. The predicted octanol–water partition coefficient (Wildman–Crippen LogP) is 3.43. The first-order valence-corrected chi connectivity index (χ1v) is 6.22. The molecule has 1 fully saturated rings. The lowest BCUT2D eigenvalue weighted by Crippen LogP contribution is -2.08. The minimum absolute atomic E-state index is 0.574. The van der Waals surface area contributed by atoms with E-state index < -0.39 is 0 Å². The number of hydrogen-bond acceptors (Lipinski definition) is 2. The fraction of sp³-hybridized carbons (Fsp3) is 0.500. The van der Waals surface area contributed by atoms with Crippen LogP contribution in [0.5, 0.6) is 0 Å². The largest absolute Gasteiger partial charge is 0.286 e. The Morgan fingerprint density at radius 3 is 2.81 bits per heavy atom. The maximum Gasteiger partial charge on any atom is 0.162 e. The van der Waals surface area contributed by atoms with E-state index in [9.17, 15) is 0 Å². The van der Waals surface area contributed by atoms with Crippen molar-refractivity contribution in [2.75, 3.05) is 0 Å². The van der Waals surface area contributed by atoms with E-state index in [1.807, 2.05) is 18.3 Å². The molecule has 0 unspecified atom stereocenters. The van der Waals surface area contributed by atoms with Crippen LogP contribution in [-0.4, -0.2) is 14.6 Å². The molecule has 0 amide bonds. The van der Waals surface area contributed by atoms with Gasteiger partial charge in [-0.3, -0.25) is 4.40 Å². The van der Waals surface area contributed by atoms with Crippen molar-refractivity contribution in [2.45, 2.75) is 38.0 Å². The van der Waals surface area contributed by atoms with Crippen LogP contribution < -0.4 is 0 Å². The Bertz CT molecular complexity index is 500. The summed E-state index contributed by atoms with van der Waals surface area (Å²) < 4.78 is 2.07.